The predicted octanol–water partition coefficient (Wildman–Crippen LogP) is 4.05. The Morgan fingerprint density at radius 2 is 1.70 bits per heavy atom. The molecule has 9 heteroatoms. The predicted molar refractivity (Wildman–Crippen MR) is 118 cm³/mol. The number of piperidine rings is 1. The van der Waals surface area contributed by atoms with Gasteiger partial charge in [-0.25, -0.2) is 16.8 Å². The Hall–Kier alpha value is -1.26. The minimum atomic E-state index is -3.68. The maximum absolute atomic E-state index is 13.3. The summed E-state index contributed by atoms with van der Waals surface area (Å²) in [5.74, 6) is 0. The molecule has 0 N–H and O–H groups in total. The maximum atomic E-state index is 13.3. The third-order valence-corrected chi connectivity index (χ3v) is 10.7. The van der Waals surface area contributed by atoms with Crippen molar-refractivity contribution < 1.29 is 16.8 Å². The first-order chi connectivity index (χ1) is 14.3. The van der Waals surface area contributed by atoms with Crippen molar-refractivity contribution in [3.63, 3.8) is 0 Å². The van der Waals surface area contributed by atoms with E-state index in [1.165, 1.54) is 24.3 Å². The van der Waals surface area contributed by atoms with Gasteiger partial charge >= 0.3 is 0 Å². The highest BCUT2D eigenvalue weighted by Crippen LogP contribution is 2.35. The lowest BCUT2D eigenvalue weighted by molar-refractivity contribution is 0.246. The van der Waals surface area contributed by atoms with Crippen LogP contribution in [-0.4, -0.2) is 44.1 Å². The van der Waals surface area contributed by atoms with Crippen molar-refractivity contribution in [3.05, 3.63) is 46.7 Å². The van der Waals surface area contributed by atoms with Gasteiger partial charge in [0.2, 0.25) is 20.0 Å². The Labute approximate surface area is 183 Å². The number of thiophene rings is 1. The van der Waals surface area contributed by atoms with E-state index in [2.05, 4.69) is 0 Å². The summed E-state index contributed by atoms with van der Waals surface area (Å²) in [6, 6.07) is 9.67. The summed E-state index contributed by atoms with van der Waals surface area (Å²) in [4.78, 5) is 1.31. The molecule has 2 heterocycles. The average Bonchev–Trinajstić information content (AvgIpc) is 3.46. The average molecular weight is 469 g/mol. The van der Waals surface area contributed by atoms with Crippen LogP contribution < -0.4 is 0 Å². The molecule has 1 aliphatic carbocycles. The summed E-state index contributed by atoms with van der Waals surface area (Å²) in [7, 11) is -7.31. The summed E-state index contributed by atoms with van der Waals surface area (Å²) in [6.45, 7) is 2.89. The zero-order valence-electron chi connectivity index (χ0n) is 17.1. The number of nitrogens with zero attached hydrogens (tertiary/aromatic N) is 2. The van der Waals surface area contributed by atoms with Crippen molar-refractivity contribution in [1.82, 2.24) is 8.61 Å². The van der Waals surface area contributed by atoms with E-state index in [1.807, 2.05) is 24.4 Å². The van der Waals surface area contributed by atoms with Gasteiger partial charge in [-0.05, 0) is 67.8 Å². The van der Waals surface area contributed by atoms with Crippen molar-refractivity contribution in [1.29, 1.82) is 0 Å². The first kappa shape index (κ1) is 22.0. The van der Waals surface area contributed by atoms with Gasteiger partial charge in [-0.3, -0.25) is 0 Å². The van der Waals surface area contributed by atoms with Crippen molar-refractivity contribution in [2.75, 3.05) is 6.54 Å². The molecule has 30 heavy (non-hydrogen) atoms. The molecule has 1 aromatic carbocycles. The van der Waals surface area contributed by atoms with Crippen LogP contribution in [0.25, 0.3) is 0 Å². The molecule has 0 unspecified atom stereocenters. The van der Waals surface area contributed by atoms with Crippen molar-refractivity contribution in [3.8, 4) is 0 Å². The summed E-state index contributed by atoms with van der Waals surface area (Å²) < 4.78 is 56.0. The zero-order valence-corrected chi connectivity index (χ0v) is 19.6. The van der Waals surface area contributed by atoms with Crippen LogP contribution in [0.5, 0.6) is 0 Å². The minimum Gasteiger partial charge on any atom is -0.207 e. The zero-order chi connectivity index (χ0) is 21.4. The van der Waals surface area contributed by atoms with Crippen LogP contribution in [0.1, 0.15) is 50.3 Å². The molecule has 2 aliphatic rings. The standard InChI is InChI=1S/C21H28N2O4S3/c1-2-17-6-3-4-14-22(17)29(24,25)20-10-12-21(13-11-20)30(26,27)23(18-8-9-18)16-19-7-5-15-28-19/h5,7,10-13,15,17-18H,2-4,6,8-9,14,16H2,1H3/t17-/m0/s1. The van der Waals surface area contributed by atoms with Gasteiger partial charge in [0.15, 0.2) is 0 Å². The molecule has 4 rings (SSSR count). The second-order valence-corrected chi connectivity index (χ2v) is 12.8. The molecule has 1 aromatic heterocycles. The first-order valence-electron chi connectivity index (χ1n) is 10.5. The van der Waals surface area contributed by atoms with Crippen molar-refractivity contribution >= 4 is 31.4 Å². The Balaban J connectivity index is 1.59. The van der Waals surface area contributed by atoms with Crippen LogP contribution >= 0.6 is 11.3 Å². The van der Waals surface area contributed by atoms with Gasteiger partial charge in [0.05, 0.1) is 9.79 Å². The number of sulfonamides is 2. The van der Waals surface area contributed by atoms with Gasteiger partial charge in [-0.2, -0.15) is 8.61 Å². The van der Waals surface area contributed by atoms with Crippen LogP contribution in [0.4, 0.5) is 0 Å². The molecule has 2 aromatic rings. The Kier molecular flexibility index (Phi) is 6.37. The lowest BCUT2D eigenvalue weighted by atomic mass is 10.0. The maximum Gasteiger partial charge on any atom is 0.243 e. The van der Waals surface area contributed by atoms with Gasteiger partial charge in [-0.15, -0.1) is 11.3 Å². The summed E-state index contributed by atoms with van der Waals surface area (Å²) in [5, 5.41) is 1.94. The third-order valence-electron chi connectivity index (χ3n) is 5.93. The minimum absolute atomic E-state index is 0.0170. The van der Waals surface area contributed by atoms with E-state index in [1.54, 1.807) is 19.9 Å². The number of benzene rings is 1. The van der Waals surface area contributed by atoms with E-state index in [0.717, 1.165) is 43.4 Å². The van der Waals surface area contributed by atoms with E-state index in [9.17, 15) is 16.8 Å². The van der Waals surface area contributed by atoms with Gasteiger partial charge in [0.1, 0.15) is 0 Å². The highest BCUT2D eigenvalue weighted by atomic mass is 32.2. The first-order valence-corrected chi connectivity index (χ1v) is 14.3. The SMILES string of the molecule is CC[C@H]1CCCCN1S(=O)(=O)c1ccc(S(=O)(=O)N(Cc2cccs2)C2CC2)cc1. The molecule has 1 saturated heterocycles. The monoisotopic (exact) mass is 468 g/mol. The van der Waals surface area contributed by atoms with E-state index < -0.39 is 20.0 Å². The van der Waals surface area contributed by atoms with Crippen LogP contribution in [0, 0.1) is 0 Å². The number of hydrogen-bond donors (Lipinski definition) is 0. The molecular formula is C21H28N2O4S3. The topological polar surface area (TPSA) is 74.8 Å². The molecular weight excluding hydrogens is 440 g/mol. The van der Waals surface area contributed by atoms with E-state index in [0.29, 0.717) is 13.1 Å². The summed E-state index contributed by atoms with van der Waals surface area (Å²) in [6.07, 6.45) is 5.30. The van der Waals surface area contributed by atoms with E-state index >= 15 is 0 Å². The van der Waals surface area contributed by atoms with Gasteiger partial charge < -0.3 is 0 Å². The fourth-order valence-electron chi connectivity index (χ4n) is 4.08. The third kappa shape index (κ3) is 4.36. The van der Waals surface area contributed by atoms with Gasteiger partial charge in [0, 0.05) is 30.1 Å². The second-order valence-electron chi connectivity index (χ2n) is 8.01. The Bertz CT molecular complexity index is 1060. The lowest BCUT2D eigenvalue weighted by Gasteiger charge is -2.34. The van der Waals surface area contributed by atoms with E-state index in [-0.39, 0.29) is 21.9 Å². The quantitative estimate of drug-likeness (QED) is 0.586. The molecule has 6 nitrogen and oxygen atoms in total. The number of rotatable bonds is 8. The van der Waals surface area contributed by atoms with Crippen LogP contribution in [0.2, 0.25) is 0 Å². The van der Waals surface area contributed by atoms with Gasteiger partial charge in [0.25, 0.3) is 0 Å². The lowest BCUT2D eigenvalue weighted by Crippen LogP contribution is -2.43. The second kappa shape index (κ2) is 8.70. The smallest absolute Gasteiger partial charge is 0.207 e. The molecule has 0 amide bonds. The molecule has 0 spiro atoms. The molecule has 1 saturated carbocycles. The fraction of sp³-hybridized carbons (Fsp3) is 0.524. The van der Waals surface area contributed by atoms with E-state index in [4.69, 9.17) is 0 Å². The highest BCUT2D eigenvalue weighted by Gasteiger charge is 2.39. The van der Waals surface area contributed by atoms with Crippen molar-refractivity contribution in [2.45, 2.75) is 73.9 Å². The molecule has 1 atom stereocenters. The molecule has 0 radical (unpaired) electrons. The molecule has 2 fully saturated rings. The Morgan fingerprint density at radius 3 is 2.30 bits per heavy atom. The van der Waals surface area contributed by atoms with Crippen LogP contribution in [0.15, 0.2) is 51.6 Å². The highest BCUT2D eigenvalue weighted by molar-refractivity contribution is 7.89. The fourth-order valence-corrected chi connectivity index (χ4v) is 8.30. The normalized spacial score (nSPS) is 21.2. The van der Waals surface area contributed by atoms with Crippen LogP contribution in [-0.2, 0) is 26.6 Å². The summed E-state index contributed by atoms with van der Waals surface area (Å²) >= 11 is 1.54. The molecule has 1 aliphatic heterocycles. The van der Waals surface area contributed by atoms with Crippen molar-refractivity contribution in [2.24, 2.45) is 0 Å². The molecule has 0 bridgehead atoms. The Morgan fingerprint density at radius 1 is 1.00 bits per heavy atom. The largest absolute Gasteiger partial charge is 0.243 e. The molecule has 164 valence electrons. The van der Waals surface area contributed by atoms with Crippen LogP contribution in [0.3, 0.4) is 0 Å². The van der Waals surface area contributed by atoms with Gasteiger partial charge in [-0.1, -0.05) is 19.4 Å². The number of hydrogen-bond acceptors (Lipinski definition) is 5. The summed E-state index contributed by atoms with van der Waals surface area (Å²) in [5.41, 5.74) is 0.